The maximum Gasteiger partial charge on any atom is 0.322 e. The molecule has 0 bridgehead atoms. The van der Waals surface area contributed by atoms with Gasteiger partial charge in [-0.15, -0.1) is 0 Å². The van der Waals surface area contributed by atoms with Crippen LogP contribution in [0.2, 0.25) is 0 Å². The van der Waals surface area contributed by atoms with E-state index in [1.54, 1.807) is 31.3 Å². The number of anilines is 1. The molecule has 3 amide bonds. The van der Waals surface area contributed by atoms with Crippen LogP contribution in [-0.2, 0) is 0 Å². The molecule has 0 aliphatic carbocycles. The second-order valence-electron chi connectivity index (χ2n) is 6.07. The molecule has 0 radical (unpaired) electrons. The van der Waals surface area contributed by atoms with Gasteiger partial charge in [-0.25, -0.2) is 4.79 Å². The lowest BCUT2D eigenvalue weighted by Crippen LogP contribution is -2.53. The first-order valence-corrected chi connectivity index (χ1v) is 8.05. The van der Waals surface area contributed by atoms with Gasteiger partial charge in [0.05, 0.1) is 6.04 Å². The summed E-state index contributed by atoms with van der Waals surface area (Å²) in [5.41, 5.74) is 2.40. The molecule has 0 aromatic heterocycles. The highest BCUT2D eigenvalue weighted by atomic mass is 16.2. The standard InChI is InChI=1S/C19H21N3O2/c1-13-12-22(17(13)14-6-4-3-5-7-14)19(24)21-16-10-8-15(9-11-16)18(23)20-2/h3-11,13,17H,12H2,1-2H3,(H,20,23)(H,21,24)/t13-,17+/m1/s1. The van der Waals surface area contributed by atoms with Gasteiger partial charge in [-0.2, -0.15) is 0 Å². The molecule has 1 fully saturated rings. The summed E-state index contributed by atoms with van der Waals surface area (Å²) in [5.74, 6) is 0.294. The Morgan fingerprint density at radius 3 is 2.29 bits per heavy atom. The number of urea groups is 1. The molecule has 1 heterocycles. The van der Waals surface area contributed by atoms with Crippen molar-refractivity contribution in [2.24, 2.45) is 5.92 Å². The maximum absolute atomic E-state index is 12.5. The summed E-state index contributed by atoms with van der Waals surface area (Å²) in [6.07, 6.45) is 0. The van der Waals surface area contributed by atoms with Gasteiger partial charge in [-0.05, 0) is 35.7 Å². The number of hydrogen-bond acceptors (Lipinski definition) is 2. The Morgan fingerprint density at radius 1 is 1.04 bits per heavy atom. The van der Waals surface area contributed by atoms with Crippen LogP contribution in [0.1, 0.15) is 28.9 Å². The zero-order valence-electron chi connectivity index (χ0n) is 13.8. The van der Waals surface area contributed by atoms with Crippen LogP contribution in [0.4, 0.5) is 10.5 Å². The van der Waals surface area contributed by atoms with Crippen LogP contribution in [-0.4, -0.2) is 30.4 Å². The van der Waals surface area contributed by atoms with Crippen molar-refractivity contribution in [3.8, 4) is 0 Å². The van der Waals surface area contributed by atoms with Crippen LogP contribution >= 0.6 is 0 Å². The van der Waals surface area contributed by atoms with Crippen LogP contribution in [0.3, 0.4) is 0 Å². The van der Waals surface area contributed by atoms with E-state index in [1.165, 1.54) is 0 Å². The summed E-state index contributed by atoms with van der Waals surface area (Å²) >= 11 is 0. The van der Waals surface area contributed by atoms with Crippen molar-refractivity contribution in [1.82, 2.24) is 10.2 Å². The Hall–Kier alpha value is -2.82. The molecule has 2 atom stereocenters. The molecule has 24 heavy (non-hydrogen) atoms. The number of hydrogen-bond donors (Lipinski definition) is 2. The highest BCUT2D eigenvalue weighted by molar-refractivity contribution is 5.95. The molecule has 0 spiro atoms. The average molecular weight is 323 g/mol. The van der Waals surface area contributed by atoms with E-state index in [1.807, 2.05) is 23.1 Å². The predicted octanol–water partition coefficient (Wildman–Crippen LogP) is 3.27. The first-order valence-electron chi connectivity index (χ1n) is 8.05. The number of carbonyl (C=O) groups excluding carboxylic acids is 2. The van der Waals surface area contributed by atoms with Gasteiger partial charge in [0, 0.05) is 24.8 Å². The second-order valence-corrected chi connectivity index (χ2v) is 6.07. The van der Waals surface area contributed by atoms with E-state index >= 15 is 0 Å². The molecule has 0 saturated carbocycles. The zero-order valence-corrected chi connectivity index (χ0v) is 13.8. The lowest BCUT2D eigenvalue weighted by atomic mass is 9.85. The van der Waals surface area contributed by atoms with Crippen LogP contribution in [0.25, 0.3) is 0 Å². The highest BCUT2D eigenvalue weighted by Gasteiger charge is 2.39. The molecule has 1 saturated heterocycles. The van der Waals surface area contributed by atoms with E-state index < -0.39 is 0 Å². The maximum atomic E-state index is 12.5. The Kier molecular flexibility index (Phi) is 4.51. The van der Waals surface area contributed by atoms with Crippen molar-refractivity contribution in [3.63, 3.8) is 0 Å². The second kappa shape index (κ2) is 6.74. The molecule has 2 aromatic rings. The SMILES string of the molecule is CNC(=O)c1ccc(NC(=O)N2C[C@@H](C)[C@H]2c2ccccc2)cc1. The summed E-state index contributed by atoms with van der Waals surface area (Å²) in [6.45, 7) is 2.89. The number of likely N-dealkylation sites (tertiary alicyclic amines) is 1. The smallest absolute Gasteiger partial charge is 0.322 e. The van der Waals surface area contributed by atoms with E-state index in [2.05, 4.69) is 29.7 Å². The normalized spacial score (nSPS) is 19.3. The monoisotopic (exact) mass is 323 g/mol. The number of benzene rings is 2. The molecular formula is C19H21N3O2. The molecule has 2 aromatic carbocycles. The van der Waals surface area contributed by atoms with Crippen molar-refractivity contribution in [2.75, 3.05) is 18.9 Å². The minimum absolute atomic E-state index is 0.108. The molecule has 3 rings (SSSR count). The number of rotatable bonds is 3. The highest BCUT2D eigenvalue weighted by Crippen LogP contribution is 2.38. The fourth-order valence-corrected chi connectivity index (χ4v) is 3.11. The van der Waals surface area contributed by atoms with Gasteiger partial charge < -0.3 is 15.5 Å². The Labute approximate surface area is 141 Å². The topological polar surface area (TPSA) is 61.4 Å². The summed E-state index contributed by atoms with van der Waals surface area (Å²) in [7, 11) is 1.59. The fraction of sp³-hybridized carbons (Fsp3) is 0.263. The third-order valence-corrected chi connectivity index (χ3v) is 4.39. The molecule has 1 aliphatic rings. The molecule has 1 aliphatic heterocycles. The van der Waals surface area contributed by atoms with E-state index in [4.69, 9.17) is 0 Å². The molecule has 124 valence electrons. The third kappa shape index (κ3) is 3.11. The quantitative estimate of drug-likeness (QED) is 0.910. The van der Waals surface area contributed by atoms with Gasteiger partial charge in [0.15, 0.2) is 0 Å². The van der Waals surface area contributed by atoms with Crippen LogP contribution in [0.15, 0.2) is 54.6 Å². The molecule has 0 unspecified atom stereocenters. The number of carbonyl (C=O) groups is 2. The van der Waals surface area contributed by atoms with Crippen LogP contribution in [0.5, 0.6) is 0 Å². The van der Waals surface area contributed by atoms with Crippen molar-refractivity contribution < 1.29 is 9.59 Å². The van der Waals surface area contributed by atoms with E-state index in [0.29, 0.717) is 17.2 Å². The first kappa shape index (κ1) is 16.1. The van der Waals surface area contributed by atoms with E-state index in [0.717, 1.165) is 12.1 Å². The molecule has 5 nitrogen and oxygen atoms in total. The van der Waals surface area contributed by atoms with E-state index in [9.17, 15) is 9.59 Å². The molecular weight excluding hydrogens is 302 g/mol. The summed E-state index contributed by atoms with van der Waals surface area (Å²) in [4.78, 5) is 25.9. The van der Waals surface area contributed by atoms with Crippen LogP contribution in [0, 0.1) is 5.92 Å². The fourth-order valence-electron chi connectivity index (χ4n) is 3.11. The lowest BCUT2D eigenvalue weighted by molar-refractivity contribution is 0.0671. The van der Waals surface area contributed by atoms with Gasteiger partial charge in [-0.3, -0.25) is 4.79 Å². The largest absolute Gasteiger partial charge is 0.355 e. The van der Waals surface area contributed by atoms with Crippen molar-refractivity contribution in [2.45, 2.75) is 13.0 Å². The van der Waals surface area contributed by atoms with E-state index in [-0.39, 0.29) is 18.0 Å². The zero-order chi connectivity index (χ0) is 17.1. The number of nitrogens with one attached hydrogen (secondary N) is 2. The minimum atomic E-state index is -0.145. The average Bonchev–Trinajstić information content (AvgIpc) is 2.60. The van der Waals surface area contributed by atoms with Crippen molar-refractivity contribution >= 4 is 17.6 Å². The predicted molar refractivity (Wildman–Crippen MR) is 93.9 cm³/mol. The summed E-state index contributed by atoms with van der Waals surface area (Å²) < 4.78 is 0. The Balaban J connectivity index is 1.68. The van der Waals surface area contributed by atoms with Crippen LogP contribution < -0.4 is 10.6 Å². The van der Waals surface area contributed by atoms with Crippen molar-refractivity contribution in [1.29, 1.82) is 0 Å². The number of amides is 3. The van der Waals surface area contributed by atoms with Crippen molar-refractivity contribution in [3.05, 3.63) is 65.7 Å². The molecule has 5 heteroatoms. The van der Waals surface area contributed by atoms with Gasteiger partial charge >= 0.3 is 6.03 Å². The summed E-state index contributed by atoms with van der Waals surface area (Å²) in [6, 6.07) is 16.9. The third-order valence-electron chi connectivity index (χ3n) is 4.39. The minimum Gasteiger partial charge on any atom is -0.355 e. The Morgan fingerprint density at radius 2 is 1.71 bits per heavy atom. The lowest BCUT2D eigenvalue weighted by Gasteiger charge is -2.46. The molecule has 2 N–H and O–H groups in total. The van der Waals surface area contributed by atoms with Gasteiger partial charge in [0.1, 0.15) is 0 Å². The summed E-state index contributed by atoms with van der Waals surface area (Å²) in [5, 5.41) is 5.48. The Bertz CT molecular complexity index is 728. The first-order chi connectivity index (χ1) is 11.6. The van der Waals surface area contributed by atoms with Gasteiger partial charge in [0.2, 0.25) is 0 Å². The van der Waals surface area contributed by atoms with Gasteiger partial charge in [-0.1, -0.05) is 37.3 Å². The van der Waals surface area contributed by atoms with Gasteiger partial charge in [0.25, 0.3) is 5.91 Å². The number of nitrogens with zero attached hydrogens (tertiary/aromatic N) is 1.